The number of rotatable bonds is 3. The molecule has 39 heavy (non-hydrogen) atoms. The second-order valence-electron chi connectivity index (χ2n) is 10.3. The largest absolute Gasteiger partial charge is 0.309 e. The van der Waals surface area contributed by atoms with E-state index in [0.717, 1.165) is 0 Å². The lowest BCUT2D eigenvalue weighted by atomic mass is 10.0. The van der Waals surface area contributed by atoms with Crippen LogP contribution in [-0.4, -0.2) is 9.13 Å². The van der Waals surface area contributed by atoms with Crippen LogP contribution in [0.2, 0.25) is 0 Å². The standard InChI is InChI=1S/C37H26N2/c1-25-10-9-11-27(24-25)26-18-20-29(21-19-26)39-33-16-7-5-14-30(33)31-22-23-35-36(37(31)39)32-15-6-8-17-34(32)38(35)28-12-3-2-4-13-28/h2-24H,1H3. The van der Waals surface area contributed by atoms with Gasteiger partial charge in [-0.05, 0) is 60.5 Å². The van der Waals surface area contributed by atoms with Crippen molar-refractivity contribution < 1.29 is 0 Å². The van der Waals surface area contributed by atoms with Crippen LogP contribution in [0.4, 0.5) is 0 Å². The highest BCUT2D eigenvalue weighted by Crippen LogP contribution is 2.42. The Labute approximate surface area is 227 Å². The van der Waals surface area contributed by atoms with E-state index in [-0.39, 0.29) is 0 Å². The van der Waals surface area contributed by atoms with Crippen molar-refractivity contribution in [2.24, 2.45) is 0 Å². The van der Waals surface area contributed by atoms with Crippen molar-refractivity contribution in [1.29, 1.82) is 0 Å². The predicted molar refractivity (Wildman–Crippen MR) is 165 cm³/mol. The van der Waals surface area contributed by atoms with E-state index in [1.807, 2.05) is 0 Å². The molecule has 0 N–H and O–H groups in total. The van der Waals surface area contributed by atoms with Crippen LogP contribution in [0.15, 0.2) is 140 Å². The van der Waals surface area contributed by atoms with E-state index in [9.17, 15) is 0 Å². The quantitative estimate of drug-likeness (QED) is 0.229. The number of aromatic nitrogens is 2. The Balaban J connectivity index is 1.48. The van der Waals surface area contributed by atoms with Gasteiger partial charge >= 0.3 is 0 Å². The summed E-state index contributed by atoms with van der Waals surface area (Å²) in [6.07, 6.45) is 0. The third-order valence-electron chi connectivity index (χ3n) is 7.96. The lowest BCUT2D eigenvalue weighted by Crippen LogP contribution is -1.95. The molecule has 0 fully saturated rings. The van der Waals surface area contributed by atoms with Crippen LogP contribution >= 0.6 is 0 Å². The molecule has 0 radical (unpaired) electrons. The van der Waals surface area contributed by atoms with E-state index in [2.05, 4.69) is 156 Å². The summed E-state index contributed by atoms with van der Waals surface area (Å²) in [6, 6.07) is 50.6. The molecule has 0 aliphatic rings. The molecule has 8 rings (SSSR count). The summed E-state index contributed by atoms with van der Waals surface area (Å²) in [5.41, 5.74) is 11.0. The van der Waals surface area contributed by atoms with E-state index < -0.39 is 0 Å². The van der Waals surface area contributed by atoms with Crippen LogP contribution < -0.4 is 0 Å². The van der Waals surface area contributed by atoms with Crippen LogP contribution in [0.1, 0.15) is 5.56 Å². The Kier molecular flexibility index (Phi) is 4.77. The summed E-state index contributed by atoms with van der Waals surface area (Å²) in [4.78, 5) is 0. The van der Waals surface area contributed by atoms with Crippen molar-refractivity contribution in [3.63, 3.8) is 0 Å². The van der Waals surface area contributed by atoms with Gasteiger partial charge in [-0.15, -0.1) is 0 Å². The monoisotopic (exact) mass is 498 g/mol. The maximum absolute atomic E-state index is 2.45. The zero-order valence-electron chi connectivity index (χ0n) is 21.7. The molecular formula is C37H26N2. The zero-order valence-corrected chi connectivity index (χ0v) is 21.7. The van der Waals surface area contributed by atoms with Crippen LogP contribution in [0.25, 0.3) is 66.1 Å². The maximum Gasteiger partial charge on any atom is 0.0641 e. The molecule has 2 nitrogen and oxygen atoms in total. The molecule has 8 aromatic rings. The number of nitrogens with zero attached hydrogens (tertiary/aromatic N) is 2. The van der Waals surface area contributed by atoms with Crippen LogP contribution in [0.3, 0.4) is 0 Å². The van der Waals surface area contributed by atoms with Gasteiger partial charge in [-0.1, -0.05) is 103 Å². The van der Waals surface area contributed by atoms with Crippen LogP contribution in [0, 0.1) is 6.92 Å². The van der Waals surface area contributed by atoms with Gasteiger partial charge in [0.1, 0.15) is 0 Å². The zero-order chi connectivity index (χ0) is 25.9. The van der Waals surface area contributed by atoms with Gasteiger partial charge in [0.05, 0.1) is 22.1 Å². The highest BCUT2D eigenvalue weighted by atomic mass is 15.0. The second kappa shape index (κ2) is 8.47. The summed E-state index contributed by atoms with van der Waals surface area (Å²) in [7, 11) is 0. The average molecular weight is 499 g/mol. The van der Waals surface area contributed by atoms with Crippen LogP contribution in [-0.2, 0) is 0 Å². The number of hydrogen-bond donors (Lipinski definition) is 0. The van der Waals surface area contributed by atoms with Gasteiger partial charge < -0.3 is 9.13 Å². The Morgan fingerprint density at radius 3 is 1.85 bits per heavy atom. The van der Waals surface area contributed by atoms with Gasteiger partial charge in [0.2, 0.25) is 0 Å². The first-order valence-electron chi connectivity index (χ1n) is 13.5. The van der Waals surface area contributed by atoms with Crippen LogP contribution in [0.5, 0.6) is 0 Å². The predicted octanol–water partition coefficient (Wildman–Crippen LogP) is 9.86. The Bertz CT molecular complexity index is 2160. The van der Waals surface area contributed by atoms with Gasteiger partial charge in [-0.2, -0.15) is 0 Å². The minimum atomic E-state index is 1.17. The lowest BCUT2D eigenvalue weighted by molar-refractivity contribution is 1.17. The first kappa shape index (κ1) is 22.0. The molecule has 0 spiro atoms. The molecule has 184 valence electrons. The molecule has 0 amide bonds. The minimum Gasteiger partial charge on any atom is -0.309 e. The smallest absolute Gasteiger partial charge is 0.0641 e. The lowest BCUT2D eigenvalue weighted by Gasteiger charge is -2.11. The molecule has 0 aliphatic heterocycles. The first-order valence-corrected chi connectivity index (χ1v) is 13.5. The fraction of sp³-hybridized carbons (Fsp3) is 0.0270. The Morgan fingerprint density at radius 2 is 1.08 bits per heavy atom. The molecule has 0 saturated heterocycles. The number of benzene rings is 6. The molecule has 0 atom stereocenters. The van der Waals surface area contributed by atoms with Crippen molar-refractivity contribution in [2.45, 2.75) is 6.92 Å². The molecule has 2 heteroatoms. The Morgan fingerprint density at radius 1 is 0.410 bits per heavy atom. The third kappa shape index (κ3) is 3.28. The summed E-state index contributed by atoms with van der Waals surface area (Å²) in [5.74, 6) is 0. The fourth-order valence-electron chi connectivity index (χ4n) is 6.26. The molecule has 0 aliphatic carbocycles. The molecule has 0 saturated carbocycles. The SMILES string of the molecule is Cc1cccc(-c2ccc(-n3c4ccccc4c4ccc5c(c6ccccc6n5-c5ccccc5)c43)cc2)c1. The number of aryl methyl sites for hydroxylation is 1. The highest BCUT2D eigenvalue weighted by Gasteiger charge is 2.20. The fourth-order valence-corrected chi connectivity index (χ4v) is 6.26. The third-order valence-corrected chi connectivity index (χ3v) is 7.96. The van der Waals surface area contributed by atoms with Crippen molar-refractivity contribution in [2.75, 3.05) is 0 Å². The summed E-state index contributed by atoms with van der Waals surface area (Å²) in [6.45, 7) is 2.15. The first-order chi connectivity index (χ1) is 19.3. The van der Waals surface area contributed by atoms with Gasteiger partial charge in [-0.3, -0.25) is 0 Å². The summed E-state index contributed by atoms with van der Waals surface area (Å²) < 4.78 is 4.85. The van der Waals surface area contributed by atoms with Gasteiger partial charge in [-0.25, -0.2) is 0 Å². The molecule has 2 heterocycles. The Hall–Kier alpha value is -5.08. The highest BCUT2D eigenvalue weighted by molar-refractivity contribution is 6.26. The van der Waals surface area contributed by atoms with Crippen molar-refractivity contribution in [3.05, 3.63) is 145 Å². The second-order valence-corrected chi connectivity index (χ2v) is 10.3. The van der Waals surface area contributed by atoms with E-state index in [4.69, 9.17) is 0 Å². The minimum absolute atomic E-state index is 1.17. The number of para-hydroxylation sites is 3. The number of hydrogen-bond acceptors (Lipinski definition) is 0. The van der Waals surface area contributed by atoms with Crippen molar-refractivity contribution in [3.8, 4) is 22.5 Å². The van der Waals surface area contributed by atoms with Crippen molar-refractivity contribution >= 4 is 43.6 Å². The van der Waals surface area contributed by atoms with E-state index >= 15 is 0 Å². The summed E-state index contributed by atoms with van der Waals surface area (Å²) >= 11 is 0. The normalized spacial score (nSPS) is 11.7. The molecule has 0 unspecified atom stereocenters. The molecular weight excluding hydrogens is 472 g/mol. The van der Waals surface area contributed by atoms with Gasteiger partial charge in [0.25, 0.3) is 0 Å². The van der Waals surface area contributed by atoms with Gasteiger partial charge in [0, 0.05) is 32.9 Å². The topological polar surface area (TPSA) is 9.86 Å². The molecule has 2 aromatic heterocycles. The van der Waals surface area contributed by atoms with E-state index in [1.54, 1.807) is 0 Å². The average Bonchev–Trinajstić information content (AvgIpc) is 3.51. The van der Waals surface area contributed by atoms with Crippen molar-refractivity contribution in [1.82, 2.24) is 9.13 Å². The maximum atomic E-state index is 2.45. The molecule has 0 bridgehead atoms. The van der Waals surface area contributed by atoms with E-state index in [1.165, 1.54) is 71.7 Å². The number of fused-ring (bicyclic) bond motifs is 7. The van der Waals surface area contributed by atoms with Gasteiger partial charge in [0.15, 0.2) is 0 Å². The van der Waals surface area contributed by atoms with E-state index in [0.29, 0.717) is 0 Å². The molecule has 6 aromatic carbocycles. The summed E-state index contributed by atoms with van der Waals surface area (Å²) in [5, 5.41) is 5.10.